The van der Waals surface area contributed by atoms with Crippen LogP contribution in [0.2, 0.25) is 0 Å². The number of rotatable bonds is 5. The number of nitrogens with zero attached hydrogens (tertiary/aromatic N) is 2. The van der Waals surface area contributed by atoms with Gasteiger partial charge >= 0.3 is 0 Å². The number of hydrogen-bond donors (Lipinski definition) is 2. The van der Waals surface area contributed by atoms with Crippen molar-refractivity contribution in [1.29, 1.82) is 0 Å². The summed E-state index contributed by atoms with van der Waals surface area (Å²) in [6.45, 7) is 2.50. The zero-order chi connectivity index (χ0) is 19.5. The monoisotopic (exact) mass is 378 g/mol. The van der Waals surface area contributed by atoms with Crippen LogP contribution >= 0.6 is 0 Å². The van der Waals surface area contributed by atoms with E-state index in [2.05, 4.69) is 21.8 Å². The molecule has 1 aliphatic heterocycles. The van der Waals surface area contributed by atoms with E-state index in [1.165, 1.54) is 6.07 Å². The number of piperidine rings is 1. The van der Waals surface area contributed by atoms with Gasteiger partial charge in [-0.3, -0.25) is 4.79 Å². The minimum absolute atomic E-state index is 0.0774. The van der Waals surface area contributed by atoms with E-state index in [1.807, 2.05) is 31.3 Å². The molecule has 4 rings (SSSR count). The molecule has 1 amide bonds. The minimum Gasteiger partial charge on any atom is -0.381 e. The van der Waals surface area contributed by atoms with Gasteiger partial charge in [0.2, 0.25) is 5.91 Å². The second kappa shape index (κ2) is 7.84. The van der Waals surface area contributed by atoms with Crippen molar-refractivity contribution in [3.05, 3.63) is 77.4 Å². The zero-order valence-electron chi connectivity index (χ0n) is 15.8. The lowest BCUT2D eigenvalue weighted by molar-refractivity contribution is -0.123. The highest BCUT2D eigenvalue weighted by Gasteiger charge is 2.19. The van der Waals surface area contributed by atoms with Crippen molar-refractivity contribution in [3.63, 3.8) is 0 Å². The van der Waals surface area contributed by atoms with Crippen LogP contribution in [0.3, 0.4) is 0 Å². The van der Waals surface area contributed by atoms with Crippen LogP contribution in [0.4, 0.5) is 10.1 Å². The fraction of sp³-hybridized carbons (Fsp3) is 0.273. The molecule has 144 valence electrons. The Kier molecular flexibility index (Phi) is 5.10. The molecule has 0 saturated carbocycles. The number of aromatic nitrogens is 2. The molecule has 6 heteroatoms. The third-order valence-corrected chi connectivity index (χ3v) is 5.10. The number of carbonyl (C=O) groups excluding carboxylic acids is 1. The molecular weight excluding hydrogens is 355 g/mol. The maximum atomic E-state index is 14.0. The van der Waals surface area contributed by atoms with Crippen molar-refractivity contribution in [2.24, 2.45) is 0 Å². The highest BCUT2D eigenvalue weighted by molar-refractivity contribution is 5.77. The van der Waals surface area contributed by atoms with Crippen molar-refractivity contribution in [2.75, 3.05) is 5.32 Å². The van der Waals surface area contributed by atoms with Gasteiger partial charge in [-0.2, -0.15) is 5.10 Å². The Hall–Kier alpha value is -3.15. The molecule has 0 bridgehead atoms. The van der Waals surface area contributed by atoms with Crippen LogP contribution in [0, 0.1) is 12.7 Å². The predicted octanol–water partition coefficient (Wildman–Crippen LogP) is 4.27. The Morgan fingerprint density at radius 1 is 1.25 bits per heavy atom. The van der Waals surface area contributed by atoms with Gasteiger partial charge in [-0.25, -0.2) is 9.07 Å². The lowest BCUT2D eigenvalue weighted by Crippen LogP contribution is -2.32. The first-order chi connectivity index (χ1) is 13.6. The Morgan fingerprint density at radius 3 is 2.93 bits per heavy atom. The Morgan fingerprint density at radius 2 is 2.11 bits per heavy atom. The molecule has 1 aromatic heterocycles. The van der Waals surface area contributed by atoms with Crippen molar-refractivity contribution in [1.82, 2.24) is 15.1 Å². The van der Waals surface area contributed by atoms with Gasteiger partial charge in [-0.05, 0) is 49.6 Å². The van der Waals surface area contributed by atoms with E-state index in [-0.39, 0.29) is 17.8 Å². The smallest absolute Gasteiger partial charge is 0.220 e. The molecule has 2 aromatic carbocycles. The molecule has 0 radical (unpaired) electrons. The van der Waals surface area contributed by atoms with Crippen molar-refractivity contribution >= 4 is 11.6 Å². The number of halogens is 1. The fourth-order valence-electron chi connectivity index (χ4n) is 3.55. The van der Waals surface area contributed by atoms with E-state index in [9.17, 15) is 9.18 Å². The average Bonchev–Trinajstić information content (AvgIpc) is 3.07. The number of anilines is 1. The van der Waals surface area contributed by atoms with Gasteiger partial charge in [0.1, 0.15) is 11.5 Å². The van der Waals surface area contributed by atoms with Gasteiger partial charge in [0.15, 0.2) is 0 Å². The highest BCUT2D eigenvalue weighted by atomic mass is 19.1. The summed E-state index contributed by atoms with van der Waals surface area (Å²) in [5.41, 5.74) is 4.38. The van der Waals surface area contributed by atoms with E-state index in [0.29, 0.717) is 18.7 Å². The number of para-hydroxylation sites is 1. The SMILES string of the molecule is Cc1nn(-c2ccccc2F)cc1CNc1cccc(C2CCCC(=O)N2)c1. The van der Waals surface area contributed by atoms with Gasteiger partial charge in [0, 0.05) is 30.4 Å². The molecule has 5 nitrogen and oxygen atoms in total. The van der Waals surface area contributed by atoms with Gasteiger partial charge in [0.25, 0.3) is 0 Å². The zero-order valence-corrected chi connectivity index (χ0v) is 15.8. The molecule has 1 atom stereocenters. The van der Waals surface area contributed by atoms with Gasteiger partial charge in [-0.15, -0.1) is 0 Å². The topological polar surface area (TPSA) is 59.0 Å². The number of benzene rings is 2. The molecule has 2 heterocycles. The average molecular weight is 378 g/mol. The summed E-state index contributed by atoms with van der Waals surface area (Å²) < 4.78 is 15.6. The molecule has 28 heavy (non-hydrogen) atoms. The summed E-state index contributed by atoms with van der Waals surface area (Å²) in [5, 5.41) is 10.9. The Labute approximate surface area is 163 Å². The first kappa shape index (κ1) is 18.2. The van der Waals surface area contributed by atoms with Crippen molar-refractivity contribution < 1.29 is 9.18 Å². The molecule has 0 aliphatic carbocycles. The predicted molar refractivity (Wildman–Crippen MR) is 107 cm³/mol. The first-order valence-corrected chi connectivity index (χ1v) is 9.53. The van der Waals surface area contributed by atoms with Crippen molar-refractivity contribution in [2.45, 2.75) is 38.8 Å². The largest absolute Gasteiger partial charge is 0.381 e. The van der Waals surface area contributed by atoms with Crippen LogP contribution < -0.4 is 10.6 Å². The fourth-order valence-corrected chi connectivity index (χ4v) is 3.55. The number of amides is 1. The van der Waals surface area contributed by atoms with Crippen LogP contribution in [-0.2, 0) is 11.3 Å². The van der Waals surface area contributed by atoms with Crippen LogP contribution in [0.25, 0.3) is 5.69 Å². The maximum absolute atomic E-state index is 14.0. The molecule has 1 fully saturated rings. The molecule has 0 spiro atoms. The van der Waals surface area contributed by atoms with E-state index in [4.69, 9.17) is 0 Å². The van der Waals surface area contributed by atoms with Crippen LogP contribution in [0.15, 0.2) is 54.7 Å². The Bertz CT molecular complexity index is 998. The standard InChI is InChI=1S/C22H23FN4O/c1-15-17(14-27(26-15)21-10-3-2-8-19(21)23)13-24-18-7-4-6-16(12-18)20-9-5-11-22(28)25-20/h2-4,6-8,10,12,14,20,24H,5,9,11,13H2,1H3,(H,25,28). The summed E-state index contributed by atoms with van der Waals surface area (Å²) in [6.07, 6.45) is 4.35. The normalized spacial score (nSPS) is 16.6. The molecule has 1 aliphatic rings. The number of nitrogens with one attached hydrogen (secondary N) is 2. The Balaban J connectivity index is 1.47. The third-order valence-electron chi connectivity index (χ3n) is 5.10. The summed E-state index contributed by atoms with van der Waals surface area (Å²) >= 11 is 0. The van der Waals surface area contributed by atoms with Gasteiger partial charge in [0.05, 0.1) is 11.7 Å². The first-order valence-electron chi connectivity index (χ1n) is 9.53. The van der Waals surface area contributed by atoms with Crippen LogP contribution in [0.1, 0.15) is 42.1 Å². The van der Waals surface area contributed by atoms with Crippen LogP contribution in [0.5, 0.6) is 0 Å². The second-order valence-corrected chi connectivity index (χ2v) is 7.13. The molecule has 1 saturated heterocycles. The summed E-state index contributed by atoms with van der Waals surface area (Å²) in [7, 11) is 0. The van der Waals surface area contributed by atoms with E-state index in [0.717, 1.165) is 35.3 Å². The van der Waals surface area contributed by atoms with Crippen LogP contribution in [-0.4, -0.2) is 15.7 Å². The molecular formula is C22H23FN4O. The summed E-state index contributed by atoms with van der Waals surface area (Å²) in [5.74, 6) is -0.183. The summed E-state index contributed by atoms with van der Waals surface area (Å²) in [6, 6.07) is 14.8. The van der Waals surface area contributed by atoms with Crippen molar-refractivity contribution in [3.8, 4) is 5.69 Å². The molecule has 2 N–H and O–H groups in total. The summed E-state index contributed by atoms with van der Waals surface area (Å²) in [4.78, 5) is 11.7. The number of carbonyl (C=O) groups is 1. The highest BCUT2D eigenvalue weighted by Crippen LogP contribution is 2.26. The quantitative estimate of drug-likeness (QED) is 0.697. The molecule has 1 unspecified atom stereocenters. The van der Waals surface area contributed by atoms with E-state index in [1.54, 1.807) is 22.9 Å². The maximum Gasteiger partial charge on any atom is 0.220 e. The lowest BCUT2D eigenvalue weighted by Gasteiger charge is -2.24. The lowest BCUT2D eigenvalue weighted by atomic mass is 9.97. The third kappa shape index (κ3) is 3.91. The molecule has 3 aromatic rings. The van der Waals surface area contributed by atoms with E-state index < -0.39 is 0 Å². The van der Waals surface area contributed by atoms with Gasteiger partial charge in [-0.1, -0.05) is 24.3 Å². The van der Waals surface area contributed by atoms with Gasteiger partial charge < -0.3 is 10.6 Å². The number of aryl methyl sites for hydroxylation is 1. The second-order valence-electron chi connectivity index (χ2n) is 7.13. The minimum atomic E-state index is -0.299. The van der Waals surface area contributed by atoms with E-state index >= 15 is 0 Å². The number of hydrogen-bond acceptors (Lipinski definition) is 3.